The maximum absolute atomic E-state index is 13.6. The van der Waals surface area contributed by atoms with Gasteiger partial charge in [0, 0.05) is 44.8 Å². The van der Waals surface area contributed by atoms with Crippen molar-refractivity contribution < 1.29 is 8.60 Å². The second-order valence-corrected chi connectivity index (χ2v) is 8.71. The molecule has 0 aliphatic carbocycles. The Labute approximate surface area is 182 Å². The molecule has 31 heavy (non-hydrogen) atoms. The minimum atomic E-state index is -1.02. The molecule has 1 unspecified atom stereocenters. The van der Waals surface area contributed by atoms with Crippen LogP contribution in [0.3, 0.4) is 0 Å². The first-order chi connectivity index (χ1) is 15.1. The van der Waals surface area contributed by atoms with E-state index in [9.17, 15) is 8.60 Å². The molecule has 3 aromatic carbocycles. The lowest BCUT2D eigenvalue weighted by Gasteiger charge is -2.08. The van der Waals surface area contributed by atoms with Crippen molar-refractivity contribution in [2.75, 3.05) is 6.26 Å². The highest BCUT2D eigenvalue weighted by molar-refractivity contribution is 7.84. The third-order valence-corrected chi connectivity index (χ3v) is 6.32. The van der Waals surface area contributed by atoms with Gasteiger partial charge in [-0.05, 0) is 71.3 Å². The van der Waals surface area contributed by atoms with Gasteiger partial charge < -0.3 is 4.98 Å². The lowest BCUT2D eigenvalue weighted by Crippen LogP contribution is -1.87. The van der Waals surface area contributed by atoms with Crippen LogP contribution < -0.4 is 0 Å². The van der Waals surface area contributed by atoms with Crippen LogP contribution in [0.1, 0.15) is 0 Å². The number of rotatable bonds is 4. The molecule has 0 fully saturated rings. The Morgan fingerprint density at radius 2 is 1.55 bits per heavy atom. The largest absolute Gasteiger partial charge is 0.354 e. The van der Waals surface area contributed by atoms with Crippen LogP contribution in [0.4, 0.5) is 4.39 Å². The topological polar surface area (TPSA) is 45.8 Å². The van der Waals surface area contributed by atoms with E-state index in [-0.39, 0.29) is 5.82 Å². The Bertz CT molecular complexity index is 1400. The van der Waals surface area contributed by atoms with Gasteiger partial charge in [-0.3, -0.25) is 9.19 Å². The molecule has 0 saturated carbocycles. The Hall–Kier alpha value is -3.57. The third-order valence-electron chi connectivity index (χ3n) is 5.39. The molecule has 1 N–H and O–H groups in total. The number of nitrogens with one attached hydrogen (secondary N) is 1. The van der Waals surface area contributed by atoms with Gasteiger partial charge in [-0.1, -0.05) is 30.3 Å². The molecule has 5 rings (SSSR count). The summed E-state index contributed by atoms with van der Waals surface area (Å²) in [6, 6.07) is 26.3. The highest BCUT2D eigenvalue weighted by Crippen LogP contribution is 2.38. The molecular weight excluding hydrogens is 407 g/mol. The van der Waals surface area contributed by atoms with E-state index in [1.165, 1.54) is 12.1 Å². The molecule has 5 aromatic rings. The van der Waals surface area contributed by atoms with Gasteiger partial charge >= 0.3 is 0 Å². The second kappa shape index (κ2) is 7.93. The van der Waals surface area contributed by atoms with Gasteiger partial charge in [0.1, 0.15) is 5.82 Å². The number of halogens is 1. The summed E-state index contributed by atoms with van der Waals surface area (Å²) in [5.74, 6) is -0.269. The Morgan fingerprint density at radius 1 is 0.839 bits per heavy atom. The summed E-state index contributed by atoms with van der Waals surface area (Å²) in [6.07, 6.45) is 3.48. The summed E-state index contributed by atoms with van der Waals surface area (Å²) in [6.45, 7) is 0. The number of hydrogen-bond donors (Lipinski definition) is 1. The van der Waals surface area contributed by atoms with Crippen LogP contribution in [0.15, 0.2) is 96.0 Å². The van der Waals surface area contributed by atoms with Crippen LogP contribution in [0.2, 0.25) is 0 Å². The fourth-order valence-electron chi connectivity index (χ4n) is 3.82. The van der Waals surface area contributed by atoms with E-state index in [1.54, 1.807) is 18.4 Å². The van der Waals surface area contributed by atoms with E-state index in [2.05, 4.69) is 22.1 Å². The number of pyridine rings is 1. The van der Waals surface area contributed by atoms with Crippen LogP contribution in [0.5, 0.6) is 0 Å². The fraction of sp³-hybridized carbons (Fsp3) is 0.0385. The van der Waals surface area contributed by atoms with Crippen molar-refractivity contribution in [1.29, 1.82) is 0 Å². The predicted molar refractivity (Wildman–Crippen MR) is 125 cm³/mol. The van der Waals surface area contributed by atoms with Crippen LogP contribution in [-0.4, -0.2) is 20.4 Å². The summed E-state index contributed by atoms with van der Waals surface area (Å²) < 4.78 is 25.3. The van der Waals surface area contributed by atoms with Gasteiger partial charge in [0.15, 0.2) is 0 Å². The van der Waals surface area contributed by atoms with Gasteiger partial charge in [-0.25, -0.2) is 4.39 Å². The molecule has 152 valence electrons. The van der Waals surface area contributed by atoms with Crippen LogP contribution >= 0.6 is 0 Å². The maximum Gasteiger partial charge on any atom is 0.123 e. The highest BCUT2D eigenvalue weighted by atomic mass is 32.2. The first-order valence-corrected chi connectivity index (χ1v) is 11.4. The first kappa shape index (κ1) is 19.4. The van der Waals surface area contributed by atoms with Crippen molar-refractivity contribution in [3.8, 4) is 33.6 Å². The number of para-hydroxylation sites is 1. The lowest BCUT2D eigenvalue weighted by atomic mass is 9.98. The van der Waals surface area contributed by atoms with Crippen molar-refractivity contribution >= 4 is 21.7 Å². The van der Waals surface area contributed by atoms with E-state index in [1.807, 2.05) is 54.7 Å². The minimum absolute atomic E-state index is 0.269. The molecular formula is C26H19FN2OS. The summed E-state index contributed by atoms with van der Waals surface area (Å²) in [7, 11) is -1.02. The molecule has 1 atom stereocenters. The van der Waals surface area contributed by atoms with Crippen LogP contribution in [0.25, 0.3) is 44.5 Å². The average molecular weight is 427 g/mol. The van der Waals surface area contributed by atoms with E-state index >= 15 is 0 Å². The highest BCUT2D eigenvalue weighted by Gasteiger charge is 2.16. The van der Waals surface area contributed by atoms with Gasteiger partial charge in [0.2, 0.25) is 0 Å². The minimum Gasteiger partial charge on any atom is -0.354 e. The van der Waals surface area contributed by atoms with Crippen LogP contribution in [0, 0.1) is 5.82 Å². The molecule has 0 aliphatic heterocycles. The van der Waals surface area contributed by atoms with E-state index in [0.717, 1.165) is 49.4 Å². The number of benzene rings is 3. The van der Waals surface area contributed by atoms with Gasteiger partial charge in [0.25, 0.3) is 0 Å². The zero-order chi connectivity index (χ0) is 21.4. The van der Waals surface area contributed by atoms with Crippen molar-refractivity contribution in [1.82, 2.24) is 9.97 Å². The Morgan fingerprint density at radius 3 is 2.29 bits per heavy atom. The van der Waals surface area contributed by atoms with Gasteiger partial charge in [-0.15, -0.1) is 0 Å². The quantitative estimate of drug-likeness (QED) is 0.359. The fourth-order valence-corrected chi connectivity index (χ4v) is 4.34. The molecule has 5 heteroatoms. The summed E-state index contributed by atoms with van der Waals surface area (Å²) >= 11 is 0. The molecule has 3 nitrogen and oxygen atoms in total. The maximum atomic E-state index is 13.6. The average Bonchev–Trinajstić information content (AvgIpc) is 3.24. The number of aromatic amines is 1. The summed E-state index contributed by atoms with van der Waals surface area (Å²) in [5.41, 5.74) is 6.72. The number of nitrogens with zero attached hydrogens (tertiary/aromatic N) is 1. The zero-order valence-corrected chi connectivity index (χ0v) is 17.6. The van der Waals surface area contributed by atoms with Crippen molar-refractivity contribution in [2.45, 2.75) is 4.90 Å². The molecule has 0 amide bonds. The van der Waals surface area contributed by atoms with Gasteiger partial charge in [-0.2, -0.15) is 0 Å². The molecule has 0 bridgehead atoms. The normalized spacial score (nSPS) is 12.2. The summed E-state index contributed by atoms with van der Waals surface area (Å²) in [5, 5.41) is 1.05. The lowest BCUT2D eigenvalue weighted by molar-refractivity contribution is 0.628. The number of aromatic nitrogens is 2. The Balaban J connectivity index is 1.72. The van der Waals surface area contributed by atoms with Crippen molar-refractivity contribution in [3.05, 3.63) is 96.9 Å². The molecule has 0 saturated heterocycles. The summed E-state index contributed by atoms with van der Waals surface area (Å²) in [4.78, 5) is 8.80. The number of fused-ring (bicyclic) bond motifs is 1. The second-order valence-electron chi connectivity index (χ2n) is 7.33. The molecule has 2 heterocycles. The van der Waals surface area contributed by atoms with Crippen molar-refractivity contribution in [3.63, 3.8) is 0 Å². The Kier molecular flexibility index (Phi) is 4.96. The number of hydrogen-bond acceptors (Lipinski definition) is 2. The molecule has 0 radical (unpaired) electrons. The van der Waals surface area contributed by atoms with E-state index in [0.29, 0.717) is 0 Å². The SMILES string of the molecule is CS(=O)c1ccc(-c2cc(-c3ccnc4ccccc34)c(-c3ccc(F)cc3)[nH]2)cc1. The van der Waals surface area contributed by atoms with Crippen LogP contribution in [-0.2, 0) is 10.8 Å². The molecule has 0 aliphatic rings. The third kappa shape index (κ3) is 3.68. The molecule has 2 aromatic heterocycles. The smallest absolute Gasteiger partial charge is 0.123 e. The first-order valence-electron chi connectivity index (χ1n) is 9.87. The molecule has 0 spiro atoms. The van der Waals surface area contributed by atoms with E-state index in [4.69, 9.17) is 0 Å². The van der Waals surface area contributed by atoms with E-state index < -0.39 is 10.8 Å². The van der Waals surface area contributed by atoms with Crippen molar-refractivity contribution in [2.24, 2.45) is 0 Å². The monoisotopic (exact) mass is 426 g/mol. The zero-order valence-electron chi connectivity index (χ0n) is 16.8. The standard InChI is InChI=1S/C26H19FN2OS/c1-31(30)20-12-8-17(9-13-20)25-16-23(26(29-25)18-6-10-19(27)11-7-18)21-14-15-28-24-5-3-2-4-22(21)24/h2-16,29H,1H3. The predicted octanol–water partition coefficient (Wildman–Crippen LogP) is 6.44. The van der Waals surface area contributed by atoms with Gasteiger partial charge in [0.05, 0.1) is 11.2 Å². The number of H-pyrrole nitrogens is 1.